The minimum atomic E-state index is -4.38. The maximum atomic E-state index is 13.1. The Labute approximate surface area is 137 Å². The lowest BCUT2D eigenvalue weighted by Crippen LogP contribution is -2.06. The summed E-state index contributed by atoms with van der Waals surface area (Å²) in [6, 6.07) is 13.4. The lowest BCUT2D eigenvalue weighted by molar-refractivity contribution is -0.136. The summed E-state index contributed by atoms with van der Waals surface area (Å²) in [7, 11) is 0. The Morgan fingerprint density at radius 2 is 1.75 bits per heavy atom. The first kappa shape index (κ1) is 14.9. The van der Waals surface area contributed by atoms with Gasteiger partial charge in [0.2, 0.25) is 0 Å². The topological polar surface area (TPSA) is 12.9 Å². The molecule has 0 amide bonds. The lowest BCUT2D eigenvalue weighted by Gasteiger charge is -2.12. The standard InChI is InChI=1S/C20H14F3N/c1-12-4-2-5-14-13(12)8-9-15(14)19-11-10-16-17(20(21,22)23)6-3-7-18(16)24-19/h2-7,9-11H,8H2,1H3. The minimum Gasteiger partial charge on any atom is -0.248 e. The molecule has 1 aliphatic carbocycles. The van der Waals surface area contributed by atoms with Crippen LogP contribution < -0.4 is 0 Å². The van der Waals surface area contributed by atoms with Crippen molar-refractivity contribution in [2.45, 2.75) is 19.5 Å². The maximum Gasteiger partial charge on any atom is 0.417 e. The average molecular weight is 325 g/mol. The molecule has 0 unspecified atom stereocenters. The predicted octanol–water partition coefficient (Wildman–Crippen LogP) is 5.55. The Hall–Kier alpha value is -2.62. The fourth-order valence-corrected chi connectivity index (χ4v) is 3.33. The molecule has 0 saturated heterocycles. The summed E-state index contributed by atoms with van der Waals surface area (Å²) >= 11 is 0. The van der Waals surface area contributed by atoms with E-state index in [2.05, 4.69) is 24.1 Å². The molecule has 1 aliphatic rings. The zero-order valence-electron chi connectivity index (χ0n) is 13.0. The van der Waals surface area contributed by atoms with Gasteiger partial charge >= 0.3 is 6.18 Å². The van der Waals surface area contributed by atoms with E-state index in [9.17, 15) is 13.2 Å². The molecule has 0 fully saturated rings. The molecule has 0 saturated carbocycles. The molecule has 4 heteroatoms. The van der Waals surface area contributed by atoms with E-state index in [0.29, 0.717) is 11.2 Å². The average Bonchev–Trinajstić information content (AvgIpc) is 2.98. The number of halogens is 3. The highest BCUT2D eigenvalue weighted by atomic mass is 19.4. The highest BCUT2D eigenvalue weighted by molar-refractivity contribution is 5.89. The van der Waals surface area contributed by atoms with Gasteiger partial charge in [0.15, 0.2) is 0 Å². The summed E-state index contributed by atoms with van der Waals surface area (Å²) < 4.78 is 39.4. The molecular formula is C20H14F3N. The molecule has 0 spiro atoms. The van der Waals surface area contributed by atoms with Gasteiger partial charge in [-0.05, 0) is 48.2 Å². The van der Waals surface area contributed by atoms with E-state index < -0.39 is 11.7 Å². The van der Waals surface area contributed by atoms with E-state index in [-0.39, 0.29) is 5.39 Å². The van der Waals surface area contributed by atoms with Gasteiger partial charge in [0.05, 0.1) is 16.8 Å². The van der Waals surface area contributed by atoms with E-state index in [1.807, 2.05) is 12.1 Å². The Bertz CT molecular complexity index is 984. The first-order valence-corrected chi connectivity index (χ1v) is 7.71. The van der Waals surface area contributed by atoms with E-state index in [0.717, 1.165) is 23.6 Å². The van der Waals surface area contributed by atoms with Crippen molar-refractivity contribution in [3.05, 3.63) is 82.6 Å². The van der Waals surface area contributed by atoms with Crippen LogP contribution in [-0.4, -0.2) is 4.98 Å². The second-order valence-electron chi connectivity index (χ2n) is 5.99. The van der Waals surface area contributed by atoms with Gasteiger partial charge in [0, 0.05) is 11.0 Å². The van der Waals surface area contributed by atoms with Gasteiger partial charge in [-0.1, -0.05) is 36.4 Å². The van der Waals surface area contributed by atoms with Crippen molar-refractivity contribution in [1.29, 1.82) is 0 Å². The van der Waals surface area contributed by atoms with Gasteiger partial charge in [-0.2, -0.15) is 13.2 Å². The molecule has 4 rings (SSSR count). The molecule has 0 bridgehead atoms. The van der Waals surface area contributed by atoms with Crippen LogP contribution in [0.15, 0.2) is 54.6 Å². The monoisotopic (exact) mass is 325 g/mol. The molecule has 1 nitrogen and oxygen atoms in total. The Morgan fingerprint density at radius 3 is 2.54 bits per heavy atom. The van der Waals surface area contributed by atoms with Gasteiger partial charge in [0.25, 0.3) is 0 Å². The second-order valence-corrected chi connectivity index (χ2v) is 5.99. The number of benzene rings is 2. The van der Waals surface area contributed by atoms with Gasteiger partial charge in [0.1, 0.15) is 0 Å². The fourth-order valence-electron chi connectivity index (χ4n) is 3.33. The molecule has 1 aromatic heterocycles. The molecule has 24 heavy (non-hydrogen) atoms. The number of nitrogens with zero attached hydrogens (tertiary/aromatic N) is 1. The zero-order valence-corrected chi connectivity index (χ0v) is 13.0. The third-order valence-corrected chi connectivity index (χ3v) is 4.52. The van der Waals surface area contributed by atoms with Crippen molar-refractivity contribution in [3.8, 4) is 0 Å². The van der Waals surface area contributed by atoms with Gasteiger partial charge in [-0.25, -0.2) is 4.98 Å². The molecule has 0 aliphatic heterocycles. The van der Waals surface area contributed by atoms with Crippen LogP contribution in [0.1, 0.15) is 27.9 Å². The third-order valence-electron chi connectivity index (χ3n) is 4.52. The highest BCUT2D eigenvalue weighted by Crippen LogP contribution is 2.37. The van der Waals surface area contributed by atoms with Gasteiger partial charge < -0.3 is 0 Å². The van der Waals surface area contributed by atoms with Gasteiger partial charge in [-0.3, -0.25) is 0 Å². The third kappa shape index (κ3) is 2.30. The lowest BCUT2D eigenvalue weighted by atomic mass is 9.98. The Kier molecular flexibility index (Phi) is 3.23. The number of hydrogen-bond acceptors (Lipinski definition) is 1. The number of aromatic nitrogens is 1. The summed E-state index contributed by atoms with van der Waals surface area (Å²) in [4.78, 5) is 4.49. The molecule has 2 aromatic carbocycles. The van der Waals surface area contributed by atoms with Gasteiger partial charge in [-0.15, -0.1) is 0 Å². The van der Waals surface area contributed by atoms with Crippen LogP contribution in [0, 0.1) is 6.92 Å². The number of rotatable bonds is 1. The van der Waals surface area contributed by atoms with Crippen LogP contribution in [0.3, 0.4) is 0 Å². The number of fused-ring (bicyclic) bond motifs is 2. The van der Waals surface area contributed by atoms with E-state index in [1.54, 1.807) is 12.1 Å². The van der Waals surface area contributed by atoms with E-state index >= 15 is 0 Å². The summed E-state index contributed by atoms with van der Waals surface area (Å²) in [6.45, 7) is 2.07. The van der Waals surface area contributed by atoms with Crippen LogP contribution in [0.2, 0.25) is 0 Å². The molecule has 0 radical (unpaired) electrons. The highest BCUT2D eigenvalue weighted by Gasteiger charge is 2.32. The van der Waals surface area contributed by atoms with Crippen molar-refractivity contribution in [2.24, 2.45) is 0 Å². The van der Waals surface area contributed by atoms with E-state index in [4.69, 9.17) is 0 Å². The zero-order chi connectivity index (χ0) is 16.9. The van der Waals surface area contributed by atoms with Crippen molar-refractivity contribution >= 4 is 16.5 Å². The normalized spacial score (nSPS) is 13.9. The smallest absolute Gasteiger partial charge is 0.248 e. The summed E-state index contributed by atoms with van der Waals surface area (Å²) in [5, 5.41) is 0.136. The fraction of sp³-hybridized carbons (Fsp3) is 0.150. The summed E-state index contributed by atoms with van der Waals surface area (Å²) in [5.41, 5.74) is 5.03. The molecule has 0 N–H and O–H groups in total. The molecule has 3 aromatic rings. The number of aryl methyl sites for hydroxylation is 1. The van der Waals surface area contributed by atoms with Crippen LogP contribution in [0.5, 0.6) is 0 Å². The molecular weight excluding hydrogens is 311 g/mol. The molecule has 120 valence electrons. The van der Waals surface area contributed by atoms with Crippen LogP contribution in [0.25, 0.3) is 16.5 Å². The van der Waals surface area contributed by atoms with Crippen molar-refractivity contribution in [1.82, 2.24) is 4.98 Å². The summed E-state index contributed by atoms with van der Waals surface area (Å²) in [5.74, 6) is 0. The first-order valence-electron chi connectivity index (χ1n) is 7.71. The quantitative estimate of drug-likeness (QED) is 0.571. The molecule has 0 atom stereocenters. The number of allylic oxidation sites excluding steroid dienone is 1. The van der Waals surface area contributed by atoms with E-state index in [1.165, 1.54) is 23.3 Å². The van der Waals surface area contributed by atoms with Crippen molar-refractivity contribution in [2.75, 3.05) is 0 Å². The first-order chi connectivity index (χ1) is 11.4. The summed E-state index contributed by atoms with van der Waals surface area (Å²) in [6.07, 6.45) is -1.45. The number of alkyl halides is 3. The Morgan fingerprint density at radius 1 is 0.958 bits per heavy atom. The molecule has 1 heterocycles. The maximum absolute atomic E-state index is 13.1. The second kappa shape index (κ2) is 5.20. The Balaban J connectivity index is 1.86. The van der Waals surface area contributed by atoms with Crippen molar-refractivity contribution < 1.29 is 13.2 Å². The van der Waals surface area contributed by atoms with Crippen LogP contribution in [0.4, 0.5) is 13.2 Å². The number of pyridine rings is 1. The van der Waals surface area contributed by atoms with Crippen molar-refractivity contribution in [3.63, 3.8) is 0 Å². The SMILES string of the molecule is Cc1cccc2c1CC=C2c1ccc2c(C(F)(F)F)cccc2n1. The minimum absolute atomic E-state index is 0.136. The van der Waals surface area contributed by atoms with Crippen LogP contribution in [-0.2, 0) is 12.6 Å². The number of hydrogen-bond donors (Lipinski definition) is 0. The van der Waals surface area contributed by atoms with Crippen LogP contribution >= 0.6 is 0 Å². The largest absolute Gasteiger partial charge is 0.417 e. The predicted molar refractivity (Wildman–Crippen MR) is 88.7 cm³/mol.